The van der Waals surface area contributed by atoms with Crippen molar-refractivity contribution in [3.05, 3.63) is 42.0 Å². The first-order valence-electron chi connectivity index (χ1n) is 6.09. The van der Waals surface area contributed by atoms with Crippen LogP contribution in [0.15, 0.2) is 30.9 Å². The molecule has 2 N–H and O–H groups in total. The van der Waals surface area contributed by atoms with Crippen LogP contribution in [0.4, 0.5) is 4.79 Å². The van der Waals surface area contributed by atoms with E-state index in [2.05, 4.69) is 6.58 Å². The minimum Gasteiger partial charge on any atom is -0.490 e. The zero-order chi connectivity index (χ0) is 15.6. The number of benzene rings is 1. The molecule has 7 heteroatoms. The van der Waals surface area contributed by atoms with E-state index in [0.29, 0.717) is 10.6 Å². The number of hydrogen-bond donors (Lipinski definition) is 2. The van der Waals surface area contributed by atoms with Crippen LogP contribution < -0.4 is 4.74 Å². The van der Waals surface area contributed by atoms with Gasteiger partial charge in [-0.2, -0.15) is 0 Å². The Kier molecular flexibility index (Phi) is 3.93. The molecule has 1 aliphatic rings. The maximum Gasteiger partial charge on any atom is 0.408 e. The molecule has 21 heavy (non-hydrogen) atoms. The number of Topliss-reactive ketones (excluding diaryl/α,β-unsaturated/α-hetero) is 1. The van der Waals surface area contributed by atoms with Crippen molar-refractivity contribution in [2.45, 2.75) is 6.04 Å². The second-order valence-corrected chi connectivity index (χ2v) is 4.42. The molecule has 1 unspecified atom stereocenters. The van der Waals surface area contributed by atoms with E-state index in [9.17, 15) is 19.5 Å². The van der Waals surface area contributed by atoms with E-state index in [1.54, 1.807) is 0 Å². The monoisotopic (exact) mass is 291 g/mol. The molecular weight excluding hydrogens is 278 g/mol. The number of carbonyl (C=O) groups is 3. The lowest BCUT2D eigenvalue weighted by Gasteiger charge is -2.31. The van der Waals surface area contributed by atoms with E-state index in [1.807, 2.05) is 0 Å². The van der Waals surface area contributed by atoms with Gasteiger partial charge in [-0.15, -0.1) is 0 Å². The number of fused-ring (bicyclic) bond motifs is 1. The Hall–Kier alpha value is -2.83. The lowest BCUT2D eigenvalue weighted by molar-refractivity contribution is -0.142. The van der Waals surface area contributed by atoms with Crippen LogP contribution in [-0.4, -0.2) is 46.1 Å². The molecule has 110 valence electrons. The molecule has 1 heterocycles. The molecule has 2 rings (SSSR count). The number of nitrogens with zero attached hydrogens (tertiary/aromatic N) is 1. The van der Waals surface area contributed by atoms with Crippen molar-refractivity contribution < 1.29 is 29.3 Å². The molecule has 0 bridgehead atoms. The maximum atomic E-state index is 12.0. The second-order valence-electron chi connectivity index (χ2n) is 4.42. The molecule has 0 saturated carbocycles. The van der Waals surface area contributed by atoms with Crippen molar-refractivity contribution in [1.82, 2.24) is 4.90 Å². The summed E-state index contributed by atoms with van der Waals surface area (Å²) in [5.74, 6) is -1.39. The van der Waals surface area contributed by atoms with Crippen molar-refractivity contribution in [3.63, 3.8) is 0 Å². The van der Waals surface area contributed by atoms with Gasteiger partial charge in [0.25, 0.3) is 0 Å². The zero-order valence-corrected chi connectivity index (χ0v) is 11.0. The summed E-state index contributed by atoms with van der Waals surface area (Å²) in [5.41, 5.74) is 0.313. The van der Waals surface area contributed by atoms with E-state index < -0.39 is 30.4 Å². The Morgan fingerprint density at radius 3 is 2.71 bits per heavy atom. The summed E-state index contributed by atoms with van der Waals surface area (Å²) in [6, 6.07) is 2.93. The summed E-state index contributed by atoms with van der Waals surface area (Å²) >= 11 is 0. The average molecular weight is 291 g/mol. The van der Waals surface area contributed by atoms with Gasteiger partial charge in [0.1, 0.15) is 12.4 Å². The Morgan fingerprint density at radius 1 is 1.43 bits per heavy atom. The van der Waals surface area contributed by atoms with E-state index in [-0.39, 0.29) is 17.7 Å². The minimum absolute atomic E-state index is 0.145. The number of ketones is 1. The van der Waals surface area contributed by atoms with E-state index >= 15 is 0 Å². The molecular formula is C14H13NO6. The summed E-state index contributed by atoms with van der Waals surface area (Å²) in [4.78, 5) is 35.1. The first kappa shape index (κ1) is 14.6. The van der Waals surface area contributed by atoms with E-state index in [0.717, 1.165) is 0 Å². The lowest BCUT2D eigenvalue weighted by atomic mass is 9.92. The van der Waals surface area contributed by atoms with Crippen LogP contribution in [-0.2, 0) is 4.79 Å². The standard InChI is InChI=1S/C14H13NO6/c1-2-5-21-8-3-4-9-10(6-8)11(16)7-15(14(19)20)12(9)13(17)18/h2-4,6,12H,1,5,7H2,(H,17,18)(H,19,20). The largest absolute Gasteiger partial charge is 0.490 e. The van der Waals surface area contributed by atoms with Crippen LogP contribution in [0, 0.1) is 0 Å². The molecule has 0 spiro atoms. The van der Waals surface area contributed by atoms with E-state index in [1.165, 1.54) is 24.3 Å². The number of carboxylic acids is 1. The summed E-state index contributed by atoms with van der Waals surface area (Å²) in [7, 11) is 0. The average Bonchev–Trinajstić information content (AvgIpc) is 2.44. The maximum absolute atomic E-state index is 12.0. The molecule has 1 amide bonds. The Morgan fingerprint density at radius 2 is 2.14 bits per heavy atom. The SMILES string of the molecule is C=CCOc1ccc2c(c1)C(=O)CN(C(=O)O)C2C(=O)O. The van der Waals surface area contributed by atoms with Crippen LogP contribution in [0.1, 0.15) is 22.0 Å². The third-order valence-corrected chi connectivity index (χ3v) is 3.09. The van der Waals surface area contributed by atoms with Crippen LogP contribution in [0.25, 0.3) is 0 Å². The van der Waals surface area contributed by atoms with Gasteiger partial charge in [-0.1, -0.05) is 18.7 Å². The molecule has 1 aromatic rings. The molecule has 0 radical (unpaired) electrons. The molecule has 1 atom stereocenters. The van der Waals surface area contributed by atoms with Crippen LogP contribution >= 0.6 is 0 Å². The number of amides is 1. The normalized spacial score (nSPS) is 17.0. The van der Waals surface area contributed by atoms with Gasteiger partial charge in [0, 0.05) is 5.56 Å². The number of aliphatic carboxylic acids is 1. The summed E-state index contributed by atoms with van der Waals surface area (Å²) in [6.07, 6.45) is 0.0846. The molecule has 0 aliphatic carbocycles. The number of carbonyl (C=O) groups excluding carboxylic acids is 1. The van der Waals surface area contributed by atoms with Crippen molar-refractivity contribution in [1.29, 1.82) is 0 Å². The Labute approximate surface area is 120 Å². The second kappa shape index (κ2) is 5.66. The molecule has 0 saturated heterocycles. The van der Waals surface area contributed by atoms with Crippen LogP contribution in [0.3, 0.4) is 0 Å². The van der Waals surface area contributed by atoms with Gasteiger partial charge in [0.05, 0.1) is 6.54 Å². The van der Waals surface area contributed by atoms with Crippen LogP contribution in [0.5, 0.6) is 5.75 Å². The van der Waals surface area contributed by atoms with Gasteiger partial charge >= 0.3 is 12.1 Å². The highest BCUT2D eigenvalue weighted by atomic mass is 16.5. The molecule has 7 nitrogen and oxygen atoms in total. The minimum atomic E-state index is -1.45. The third kappa shape index (κ3) is 2.71. The first-order chi connectivity index (χ1) is 9.95. The molecule has 1 aliphatic heterocycles. The van der Waals surface area contributed by atoms with Gasteiger partial charge < -0.3 is 14.9 Å². The van der Waals surface area contributed by atoms with Crippen molar-refractivity contribution in [2.75, 3.05) is 13.2 Å². The topological polar surface area (TPSA) is 104 Å². The summed E-state index contributed by atoms with van der Waals surface area (Å²) in [5, 5.41) is 18.3. The predicted molar refractivity (Wildman–Crippen MR) is 71.6 cm³/mol. The Bertz CT molecular complexity index is 624. The first-order valence-corrected chi connectivity index (χ1v) is 6.09. The number of rotatable bonds is 4. The van der Waals surface area contributed by atoms with Gasteiger partial charge in [-0.25, -0.2) is 9.59 Å². The molecule has 0 fully saturated rings. The lowest BCUT2D eigenvalue weighted by Crippen LogP contribution is -2.45. The van der Waals surface area contributed by atoms with Gasteiger partial charge in [-0.05, 0) is 17.7 Å². The predicted octanol–water partition coefficient (Wildman–Crippen LogP) is 1.55. The fourth-order valence-electron chi connectivity index (χ4n) is 2.20. The van der Waals surface area contributed by atoms with Crippen molar-refractivity contribution in [3.8, 4) is 5.75 Å². The highest BCUT2D eigenvalue weighted by Gasteiger charge is 2.39. The smallest absolute Gasteiger partial charge is 0.408 e. The quantitative estimate of drug-likeness (QED) is 0.816. The molecule has 0 aromatic heterocycles. The van der Waals surface area contributed by atoms with Gasteiger partial charge in [0.15, 0.2) is 11.8 Å². The van der Waals surface area contributed by atoms with Crippen LogP contribution in [0.2, 0.25) is 0 Å². The zero-order valence-electron chi connectivity index (χ0n) is 11.0. The van der Waals surface area contributed by atoms with Gasteiger partial charge in [0.2, 0.25) is 0 Å². The summed E-state index contributed by atoms with van der Waals surface area (Å²) < 4.78 is 5.29. The third-order valence-electron chi connectivity index (χ3n) is 3.09. The van der Waals surface area contributed by atoms with Crippen molar-refractivity contribution in [2.24, 2.45) is 0 Å². The molecule has 1 aromatic carbocycles. The Balaban J connectivity index is 2.47. The number of carboxylic acid groups (broad SMARTS) is 2. The van der Waals surface area contributed by atoms with Crippen molar-refractivity contribution >= 4 is 17.8 Å². The van der Waals surface area contributed by atoms with E-state index in [4.69, 9.17) is 9.84 Å². The number of hydrogen-bond acceptors (Lipinski definition) is 4. The van der Waals surface area contributed by atoms with Gasteiger partial charge in [-0.3, -0.25) is 9.69 Å². The fourth-order valence-corrected chi connectivity index (χ4v) is 2.20. The fraction of sp³-hybridized carbons (Fsp3) is 0.214. The summed E-state index contributed by atoms with van der Waals surface area (Å²) in [6.45, 7) is 3.25. The highest BCUT2D eigenvalue weighted by molar-refractivity contribution is 6.04. The highest BCUT2D eigenvalue weighted by Crippen LogP contribution is 2.32. The number of ether oxygens (including phenoxy) is 1.